The van der Waals surface area contributed by atoms with Crippen LogP contribution in [-0.2, 0) is 17.9 Å². The summed E-state index contributed by atoms with van der Waals surface area (Å²) in [6, 6.07) is 6.11. The molecule has 1 fully saturated rings. The summed E-state index contributed by atoms with van der Waals surface area (Å²) < 4.78 is 7.39. The van der Waals surface area contributed by atoms with E-state index in [2.05, 4.69) is 26.6 Å². The van der Waals surface area contributed by atoms with Gasteiger partial charge in [-0.3, -0.25) is 24.0 Å². The number of carbonyl (C=O) groups is 1. The summed E-state index contributed by atoms with van der Waals surface area (Å²) in [5.74, 6) is 2.69. The van der Waals surface area contributed by atoms with E-state index < -0.39 is 0 Å². The lowest BCUT2D eigenvalue weighted by Gasteiger charge is -2.44. The Morgan fingerprint density at radius 1 is 1.14 bits per heavy atom. The molecule has 0 unspecified atom stereocenters. The van der Waals surface area contributed by atoms with Crippen LogP contribution in [0.2, 0.25) is 0 Å². The zero-order chi connectivity index (χ0) is 23.1. The first-order valence-corrected chi connectivity index (χ1v) is 13.1. The highest BCUT2D eigenvalue weighted by molar-refractivity contribution is 7.99. The maximum Gasteiger partial charge on any atom is 0.252 e. The Hall–Kier alpha value is -1.98. The summed E-state index contributed by atoms with van der Waals surface area (Å²) in [5, 5.41) is 6.85. The topological polar surface area (TPSA) is 91.7 Å². The number of hydrogen-bond acceptors (Lipinski definition) is 8. The second-order valence-corrected chi connectivity index (χ2v) is 10.5. The average Bonchev–Trinajstić information content (AvgIpc) is 2.87. The smallest absolute Gasteiger partial charge is 0.252 e. The second kappa shape index (κ2) is 11.6. The zero-order valence-corrected chi connectivity index (χ0v) is 22.4. The van der Waals surface area contributed by atoms with Crippen molar-refractivity contribution in [1.29, 1.82) is 0 Å². The first kappa shape index (κ1) is 27.1. The van der Waals surface area contributed by atoms with E-state index in [1.807, 2.05) is 22.9 Å². The Kier molecular flexibility index (Phi) is 8.72. The van der Waals surface area contributed by atoms with Gasteiger partial charge in [0.15, 0.2) is 5.75 Å². The van der Waals surface area contributed by atoms with E-state index in [4.69, 9.17) is 4.74 Å². The van der Waals surface area contributed by atoms with Gasteiger partial charge in [-0.15, -0.1) is 36.6 Å². The molecular formula is C24H32Cl2N6O3S. The van der Waals surface area contributed by atoms with Gasteiger partial charge in [-0.05, 0) is 44.5 Å². The number of nitrogens with zero attached hydrogens (tertiary/aromatic N) is 4. The van der Waals surface area contributed by atoms with Crippen LogP contribution in [0.3, 0.4) is 0 Å². The number of likely N-dealkylation sites (tertiary alicyclic amines) is 1. The van der Waals surface area contributed by atoms with E-state index in [-0.39, 0.29) is 48.9 Å². The van der Waals surface area contributed by atoms with Crippen LogP contribution < -0.4 is 25.8 Å². The molecule has 6 heterocycles. The van der Waals surface area contributed by atoms with Crippen molar-refractivity contribution in [1.82, 2.24) is 19.8 Å². The number of ether oxygens (including phenoxy) is 1. The van der Waals surface area contributed by atoms with Crippen LogP contribution in [0.5, 0.6) is 5.75 Å². The van der Waals surface area contributed by atoms with Crippen LogP contribution in [-0.4, -0.2) is 71.0 Å². The van der Waals surface area contributed by atoms with Gasteiger partial charge in [0.2, 0.25) is 5.91 Å². The summed E-state index contributed by atoms with van der Waals surface area (Å²) in [6.45, 7) is 5.33. The predicted octanol–water partition coefficient (Wildman–Crippen LogP) is 2.36. The Morgan fingerprint density at radius 3 is 2.81 bits per heavy atom. The van der Waals surface area contributed by atoms with Gasteiger partial charge in [0.25, 0.3) is 5.56 Å². The minimum atomic E-state index is -0.0369. The molecule has 6 rings (SSSR count). The van der Waals surface area contributed by atoms with Gasteiger partial charge in [0.05, 0.1) is 41.7 Å². The van der Waals surface area contributed by atoms with E-state index in [0.717, 1.165) is 80.7 Å². The van der Waals surface area contributed by atoms with Gasteiger partial charge >= 0.3 is 0 Å². The number of rotatable bonds is 5. The van der Waals surface area contributed by atoms with Crippen LogP contribution in [0, 0.1) is 0 Å². The first-order chi connectivity index (χ1) is 16.7. The van der Waals surface area contributed by atoms with Crippen molar-refractivity contribution < 1.29 is 9.53 Å². The molecule has 2 N–H and O–H groups in total. The highest BCUT2D eigenvalue weighted by Gasteiger charge is 2.37. The highest BCUT2D eigenvalue weighted by Crippen LogP contribution is 2.35. The molecule has 1 atom stereocenters. The Balaban J connectivity index is 0.00000152. The Bertz CT molecular complexity index is 1160. The number of amides is 1. The van der Waals surface area contributed by atoms with Crippen LogP contribution in [0.1, 0.15) is 25.0 Å². The first-order valence-electron chi connectivity index (χ1n) is 12.2. The molecule has 36 heavy (non-hydrogen) atoms. The molecule has 0 aromatic carbocycles. The van der Waals surface area contributed by atoms with E-state index in [1.54, 1.807) is 16.7 Å². The van der Waals surface area contributed by atoms with Crippen LogP contribution in [0.25, 0.3) is 0 Å². The fraction of sp³-hybridized carbons (Fsp3) is 0.542. The maximum absolute atomic E-state index is 12.8. The molecule has 2 aromatic rings. The summed E-state index contributed by atoms with van der Waals surface area (Å²) >= 11 is 1.83. The summed E-state index contributed by atoms with van der Waals surface area (Å²) in [7, 11) is 0. The van der Waals surface area contributed by atoms with Gasteiger partial charge in [-0.25, -0.2) is 0 Å². The molecule has 4 aliphatic heterocycles. The third-order valence-corrected chi connectivity index (χ3v) is 8.25. The highest BCUT2D eigenvalue weighted by atomic mass is 35.5. The van der Waals surface area contributed by atoms with Crippen LogP contribution in [0.15, 0.2) is 34.1 Å². The molecule has 1 saturated heterocycles. The molecule has 9 nitrogen and oxygen atoms in total. The SMILES string of the molecule is Cl.Cl.O=C1CNc2ccc(=O)n3c2N1[C@H](CN1CCC(NCc2cc4c(cn2)OCCS4)CC1)CC3. The fourth-order valence-corrected chi connectivity index (χ4v) is 6.33. The number of pyridine rings is 2. The third-order valence-electron chi connectivity index (χ3n) is 7.25. The number of fused-ring (bicyclic) bond motifs is 1. The molecule has 196 valence electrons. The standard InChI is InChI=1S/C24H30N6O3S.2ClH/c31-22-2-1-19-24-29(22)8-5-18(30(24)23(32)14-27-19)15-28-6-3-16(4-7-28)25-12-17-11-21-20(13-26-17)33-9-10-34-21;;/h1-2,11,13,16,18,25,27H,3-10,12,14-15H2;2*1H/t18-;;/m0../s1. The van der Waals surface area contributed by atoms with Crippen molar-refractivity contribution >= 4 is 54.0 Å². The van der Waals surface area contributed by atoms with E-state index in [9.17, 15) is 9.59 Å². The molecule has 0 bridgehead atoms. The number of piperidine rings is 1. The maximum atomic E-state index is 12.8. The second-order valence-electron chi connectivity index (χ2n) is 9.40. The minimum absolute atomic E-state index is 0. The molecule has 0 radical (unpaired) electrons. The number of anilines is 2. The quantitative estimate of drug-likeness (QED) is 0.582. The lowest BCUT2D eigenvalue weighted by molar-refractivity contribution is -0.118. The number of hydrogen-bond donors (Lipinski definition) is 2. The average molecular weight is 556 g/mol. The molecule has 0 spiro atoms. The van der Waals surface area contributed by atoms with E-state index >= 15 is 0 Å². The Labute approximate surface area is 227 Å². The normalized spacial score (nSPS) is 21.3. The third kappa shape index (κ3) is 5.33. The predicted molar refractivity (Wildman–Crippen MR) is 146 cm³/mol. The molecule has 0 saturated carbocycles. The number of nitrogens with one attached hydrogen (secondary N) is 2. The number of halogens is 2. The molecule has 0 aliphatic carbocycles. The van der Waals surface area contributed by atoms with Crippen molar-refractivity contribution in [2.24, 2.45) is 0 Å². The van der Waals surface area contributed by atoms with Gasteiger partial charge in [-0.1, -0.05) is 0 Å². The van der Waals surface area contributed by atoms with Crippen molar-refractivity contribution in [3.05, 3.63) is 40.4 Å². The molecular weight excluding hydrogens is 523 g/mol. The van der Waals surface area contributed by atoms with Crippen molar-refractivity contribution in [3.8, 4) is 5.75 Å². The van der Waals surface area contributed by atoms with Crippen molar-refractivity contribution in [2.75, 3.05) is 48.8 Å². The lowest BCUT2D eigenvalue weighted by Crippen LogP contribution is -2.57. The zero-order valence-electron chi connectivity index (χ0n) is 20.0. The van der Waals surface area contributed by atoms with Gasteiger partial charge in [0, 0.05) is 37.5 Å². The van der Waals surface area contributed by atoms with Gasteiger partial charge in [0.1, 0.15) is 5.82 Å². The minimum Gasteiger partial charge on any atom is -0.490 e. The van der Waals surface area contributed by atoms with Crippen LogP contribution >= 0.6 is 36.6 Å². The fourth-order valence-electron chi connectivity index (χ4n) is 5.47. The Morgan fingerprint density at radius 2 is 1.97 bits per heavy atom. The van der Waals surface area contributed by atoms with Gasteiger partial charge < -0.3 is 20.3 Å². The van der Waals surface area contributed by atoms with Crippen molar-refractivity contribution in [3.63, 3.8) is 0 Å². The largest absolute Gasteiger partial charge is 0.490 e. The van der Waals surface area contributed by atoms with E-state index in [1.165, 1.54) is 4.90 Å². The molecule has 2 aromatic heterocycles. The summed E-state index contributed by atoms with van der Waals surface area (Å²) in [6.07, 6.45) is 4.81. The summed E-state index contributed by atoms with van der Waals surface area (Å²) in [4.78, 5) is 35.2. The van der Waals surface area contributed by atoms with E-state index in [0.29, 0.717) is 12.6 Å². The monoisotopic (exact) mass is 554 g/mol. The number of thioether (sulfide) groups is 1. The lowest BCUT2D eigenvalue weighted by atomic mass is 10.0. The van der Waals surface area contributed by atoms with Crippen molar-refractivity contribution in [2.45, 2.75) is 49.3 Å². The molecule has 4 aliphatic rings. The number of aromatic nitrogens is 2. The molecule has 12 heteroatoms. The summed E-state index contributed by atoms with van der Waals surface area (Å²) in [5.41, 5.74) is 1.90. The molecule has 1 amide bonds. The number of carbonyl (C=O) groups excluding carboxylic acids is 1. The van der Waals surface area contributed by atoms with Crippen LogP contribution in [0.4, 0.5) is 11.5 Å². The van der Waals surface area contributed by atoms with Gasteiger partial charge in [-0.2, -0.15) is 0 Å².